The zero-order valence-corrected chi connectivity index (χ0v) is 12.5. The van der Waals surface area contributed by atoms with Crippen molar-refractivity contribution in [2.45, 2.75) is 32.8 Å². The van der Waals surface area contributed by atoms with Crippen LogP contribution >= 0.6 is 22.9 Å². The van der Waals surface area contributed by atoms with Crippen LogP contribution < -0.4 is 0 Å². The summed E-state index contributed by atoms with van der Waals surface area (Å²) >= 11 is 7.84. The van der Waals surface area contributed by atoms with Crippen molar-refractivity contribution in [3.05, 3.63) is 38.3 Å². The number of hydrogen-bond acceptors (Lipinski definition) is 3. The third kappa shape index (κ3) is 2.32. The number of aliphatic hydroxyl groups excluding tert-OH is 1. The summed E-state index contributed by atoms with van der Waals surface area (Å²) in [6.45, 7) is 6.12. The SMILES string of the molecule is Cc1ccc(C(O)c2c(C(C)C)nn(C)c2Cl)s1. The van der Waals surface area contributed by atoms with Gasteiger partial charge >= 0.3 is 0 Å². The van der Waals surface area contributed by atoms with Gasteiger partial charge in [-0.25, -0.2) is 0 Å². The highest BCUT2D eigenvalue weighted by Gasteiger charge is 2.25. The van der Waals surface area contributed by atoms with Gasteiger partial charge in [0, 0.05) is 22.4 Å². The zero-order chi connectivity index (χ0) is 13.4. The van der Waals surface area contributed by atoms with Crippen molar-refractivity contribution in [2.24, 2.45) is 7.05 Å². The van der Waals surface area contributed by atoms with Crippen LogP contribution in [0.2, 0.25) is 5.15 Å². The lowest BCUT2D eigenvalue weighted by Crippen LogP contribution is -2.02. The van der Waals surface area contributed by atoms with E-state index in [1.165, 1.54) is 4.88 Å². The largest absolute Gasteiger partial charge is 0.383 e. The molecule has 0 aliphatic rings. The van der Waals surface area contributed by atoms with E-state index in [1.54, 1.807) is 23.1 Å². The highest BCUT2D eigenvalue weighted by Crippen LogP contribution is 2.36. The summed E-state index contributed by atoms with van der Waals surface area (Å²) in [5, 5.41) is 15.4. The number of halogens is 1. The Morgan fingerprint density at radius 1 is 1.39 bits per heavy atom. The Balaban J connectivity index is 2.50. The van der Waals surface area contributed by atoms with E-state index in [1.807, 2.05) is 19.1 Å². The van der Waals surface area contributed by atoms with E-state index in [4.69, 9.17) is 11.6 Å². The Kier molecular flexibility index (Phi) is 3.80. The zero-order valence-electron chi connectivity index (χ0n) is 10.9. The first-order valence-corrected chi connectivity index (χ1v) is 7.08. The van der Waals surface area contributed by atoms with Gasteiger partial charge in [-0.15, -0.1) is 11.3 Å². The van der Waals surface area contributed by atoms with Gasteiger partial charge in [-0.05, 0) is 25.0 Å². The molecule has 3 nitrogen and oxygen atoms in total. The molecule has 0 aliphatic carbocycles. The van der Waals surface area contributed by atoms with Gasteiger partial charge in [-0.1, -0.05) is 25.4 Å². The quantitative estimate of drug-likeness (QED) is 0.934. The first-order chi connectivity index (χ1) is 8.41. The first-order valence-electron chi connectivity index (χ1n) is 5.88. The number of rotatable bonds is 3. The minimum atomic E-state index is -0.692. The Morgan fingerprint density at radius 2 is 2.06 bits per heavy atom. The van der Waals surface area contributed by atoms with Crippen LogP contribution in [0, 0.1) is 6.92 Å². The molecule has 0 saturated carbocycles. The molecule has 0 fully saturated rings. The number of hydrogen-bond donors (Lipinski definition) is 1. The second-order valence-electron chi connectivity index (χ2n) is 4.72. The molecule has 0 aromatic carbocycles. The van der Waals surface area contributed by atoms with Gasteiger partial charge in [-0.2, -0.15) is 5.10 Å². The molecule has 0 radical (unpaired) electrons. The second kappa shape index (κ2) is 5.03. The van der Waals surface area contributed by atoms with E-state index in [0.717, 1.165) is 16.1 Å². The van der Waals surface area contributed by atoms with Gasteiger partial charge in [-0.3, -0.25) is 4.68 Å². The molecule has 2 heterocycles. The van der Waals surface area contributed by atoms with Crippen molar-refractivity contribution < 1.29 is 5.11 Å². The fraction of sp³-hybridized carbons (Fsp3) is 0.462. The Hall–Kier alpha value is -0.840. The summed E-state index contributed by atoms with van der Waals surface area (Å²) in [7, 11) is 1.80. The van der Waals surface area contributed by atoms with E-state index in [-0.39, 0.29) is 5.92 Å². The lowest BCUT2D eigenvalue weighted by Gasteiger charge is -2.11. The van der Waals surface area contributed by atoms with E-state index in [0.29, 0.717) is 5.15 Å². The number of aliphatic hydroxyl groups is 1. The molecule has 98 valence electrons. The normalized spacial score (nSPS) is 13.3. The van der Waals surface area contributed by atoms with Gasteiger partial charge in [0.25, 0.3) is 0 Å². The van der Waals surface area contributed by atoms with E-state index in [2.05, 4.69) is 18.9 Å². The molecule has 2 rings (SSSR count). The summed E-state index contributed by atoms with van der Waals surface area (Å²) in [5.74, 6) is 0.231. The van der Waals surface area contributed by atoms with Crippen LogP contribution in [0.25, 0.3) is 0 Å². The standard InChI is InChI=1S/C13H17ClN2OS/c1-7(2)11-10(13(14)16(4)15-11)12(17)9-6-5-8(3)18-9/h5-7,12,17H,1-4H3. The molecule has 1 N–H and O–H groups in total. The van der Waals surface area contributed by atoms with Gasteiger partial charge in [0.2, 0.25) is 0 Å². The monoisotopic (exact) mass is 284 g/mol. The van der Waals surface area contributed by atoms with Crippen LogP contribution in [0.15, 0.2) is 12.1 Å². The molecule has 0 saturated heterocycles. The molecule has 18 heavy (non-hydrogen) atoms. The molecule has 0 bridgehead atoms. The predicted octanol–water partition coefficient (Wildman–Crippen LogP) is 3.65. The van der Waals surface area contributed by atoms with Crippen molar-refractivity contribution in [1.29, 1.82) is 0 Å². The van der Waals surface area contributed by atoms with Crippen molar-refractivity contribution in [3.63, 3.8) is 0 Å². The molecule has 0 aliphatic heterocycles. The summed E-state index contributed by atoms with van der Waals surface area (Å²) in [5.41, 5.74) is 1.59. The van der Waals surface area contributed by atoms with Crippen LogP contribution in [0.1, 0.15) is 46.9 Å². The van der Waals surface area contributed by atoms with Crippen molar-refractivity contribution >= 4 is 22.9 Å². The maximum absolute atomic E-state index is 10.5. The Labute approximate surface area is 116 Å². The summed E-state index contributed by atoms with van der Waals surface area (Å²) in [6.07, 6.45) is -0.692. The van der Waals surface area contributed by atoms with Gasteiger partial charge in [0.05, 0.1) is 5.69 Å². The molecular weight excluding hydrogens is 268 g/mol. The molecule has 5 heteroatoms. The Morgan fingerprint density at radius 3 is 2.56 bits per heavy atom. The van der Waals surface area contributed by atoms with Crippen molar-refractivity contribution in [3.8, 4) is 0 Å². The molecule has 0 spiro atoms. The third-order valence-corrected chi connectivity index (χ3v) is 4.39. The summed E-state index contributed by atoms with van der Waals surface area (Å²) in [6, 6.07) is 3.95. The smallest absolute Gasteiger partial charge is 0.133 e. The van der Waals surface area contributed by atoms with Gasteiger partial charge in [0.15, 0.2) is 0 Å². The van der Waals surface area contributed by atoms with Crippen LogP contribution in [-0.2, 0) is 7.05 Å². The van der Waals surface area contributed by atoms with Crippen LogP contribution in [0.5, 0.6) is 0 Å². The topological polar surface area (TPSA) is 38.1 Å². The number of thiophene rings is 1. The van der Waals surface area contributed by atoms with Crippen LogP contribution in [0.4, 0.5) is 0 Å². The highest BCUT2D eigenvalue weighted by atomic mass is 35.5. The van der Waals surface area contributed by atoms with Crippen molar-refractivity contribution in [1.82, 2.24) is 9.78 Å². The minimum Gasteiger partial charge on any atom is -0.383 e. The van der Waals surface area contributed by atoms with Crippen LogP contribution in [-0.4, -0.2) is 14.9 Å². The molecule has 0 amide bonds. The summed E-state index contributed by atoms with van der Waals surface area (Å²) < 4.78 is 1.62. The maximum Gasteiger partial charge on any atom is 0.133 e. The molecular formula is C13H17ClN2OS. The average Bonchev–Trinajstić information content (AvgIpc) is 2.84. The maximum atomic E-state index is 10.5. The molecule has 2 aromatic heterocycles. The fourth-order valence-corrected chi connectivity index (χ4v) is 3.07. The Bertz CT molecular complexity index is 559. The number of nitrogens with zero attached hydrogens (tertiary/aromatic N) is 2. The first kappa shape index (κ1) is 13.6. The third-order valence-electron chi connectivity index (χ3n) is 2.89. The number of aryl methyl sites for hydroxylation is 2. The lowest BCUT2D eigenvalue weighted by molar-refractivity contribution is 0.222. The highest BCUT2D eigenvalue weighted by molar-refractivity contribution is 7.12. The fourth-order valence-electron chi connectivity index (χ4n) is 1.96. The van der Waals surface area contributed by atoms with Gasteiger partial charge in [0.1, 0.15) is 11.3 Å². The predicted molar refractivity (Wildman–Crippen MR) is 75.4 cm³/mol. The van der Waals surface area contributed by atoms with E-state index in [9.17, 15) is 5.11 Å². The lowest BCUT2D eigenvalue weighted by atomic mass is 10.0. The second-order valence-corrected chi connectivity index (χ2v) is 6.40. The molecule has 1 unspecified atom stereocenters. The average molecular weight is 285 g/mol. The molecule has 2 aromatic rings. The van der Waals surface area contributed by atoms with Crippen LogP contribution in [0.3, 0.4) is 0 Å². The van der Waals surface area contributed by atoms with Gasteiger partial charge < -0.3 is 5.11 Å². The molecule has 1 atom stereocenters. The minimum absolute atomic E-state index is 0.231. The van der Waals surface area contributed by atoms with E-state index >= 15 is 0 Å². The summed E-state index contributed by atoms with van der Waals surface area (Å²) in [4.78, 5) is 2.08. The van der Waals surface area contributed by atoms with E-state index < -0.39 is 6.10 Å². The number of aromatic nitrogens is 2. The van der Waals surface area contributed by atoms with Crippen molar-refractivity contribution in [2.75, 3.05) is 0 Å².